The van der Waals surface area contributed by atoms with Crippen molar-refractivity contribution >= 4 is 5.82 Å². The third-order valence-corrected chi connectivity index (χ3v) is 5.28. The normalized spacial score (nSPS) is 26.8. The van der Waals surface area contributed by atoms with Crippen molar-refractivity contribution in [2.75, 3.05) is 18.0 Å². The van der Waals surface area contributed by atoms with Crippen LogP contribution in [0.3, 0.4) is 0 Å². The largest absolute Gasteiger partial charge is 0.433 e. The summed E-state index contributed by atoms with van der Waals surface area (Å²) in [5, 5.41) is 0. The molecule has 2 aromatic rings. The third kappa shape index (κ3) is 2.65. The first kappa shape index (κ1) is 15.5. The van der Waals surface area contributed by atoms with Gasteiger partial charge >= 0.3 is 6.18 Å². The van der Waals surface area contributed by atoms with Crippen molar-refractivity contribution in [2.24, 2.45) is 11.8 Å². The molecular weight excluding hydrogens is 317 g/mol. The zero-order valence-electron chi connectivity index (χ0n) is 13.4. The number of hydrogen-bond acceptors (Lipinski definition) is 3. The summed E-state index contributed by atoms with van der Waals surface area (Å²) in [6, 6.07) is 4.52. The Labute approximate surface area is 138 Å². The van der Waals surface area contributed by atoms with Crippen LogP contribution in [0.15, 0.2) is 30.7 Å². The molecule has 0 aromatic carbocycles. The number of aromatic nitrogens is 3. The van der Waals surface area contributed by atoms with Gasteiger partial charge in [-0.25, -0.2) is 9.97 Å². The topological polar surface area (TPSA) is 34.0 Å². The van der Waals surface area contributed by atoms with Crippen molar-refractivity contribution in [3.05, 3.63) is 42.1 Å². The molecule has 0 N–H and O–H groups in total. The highest BCUT2D eigenvalue weighted by Gasteiger charge is 2.44. The van der Waals surface area contributed by atoms with Gasteiger partial charge in [-0.2, -0.15) is 13.2 Å². The van der Waals surface area contributed by atoms with Crippen LogP contribution in [-0.2, 0) is 6.18 Å². The van der Waals surface area contributed by atoms with Crippen molar-refractivity contribution in [3.63, 3.8) is 0 Å². The Morgan fingerprint density at radius 2 is 2.00 bits per heavy atom. The Hall–Kier alpha value is -2.05. The van der Waals surface area contributed by atoms with E-state index in [1.54, 1.807) is 6.07 Å². The minimum atomic E-state index is -4.40. The van der Waals surface area contributed by atoms with Gasteiger partial charge in [0.15, 0.2) is 0 Å². The second-order valence-electron chi connectivity index (χ2n) is 6.81. The number of anilines is 1. The Morgan fingerprint density at radius 3 is 2.71 bits per heavy atom. The lowest BCUT2D eigenvalue weighted by atomic mass is 9.98. The van der Waals surface area contributed by atoms with Gasteiger partial charge in [0.2, 0.25) is 0 Å². The summed E-state index contributed by atoms with van der Waals surface area (Å²) in [6.07, 6.45) is 1.73. The molecule has 0 amide bonds. The molecular formula is C17H19F3N4. The lowest BCUT2D eigenvalue weighted by molar-refractivity contribution is -0.141. The van der Waals surface area contributed by atoms with Crippen molar-refractivity contribution in [1.29, 1.82) is 0 Å². The molecule has 2 aliphatic rings. The van der Waals surface area contributed by atoms with Gasteiger partial charge in [0.1, 0.15) is 11.5 Å². The van der Waals surface area contributed by atoms with Crippen LogP contribution >= 0.6 is 0 Å². The number of halogens is 3. The van der Waals surface area contributed by atoms with Crippen LogP contribution < -0.4 is 4.90 Å². The van der Waals surface area contributed by atoms with E-state index in [9.17, 15) is 13.2 Å². The molecule has 0 radical (unpaired) electrons. The number of hydrogen-bond donors (Lipinski definition) is 0. The van der Waals surface area contributed by atoms with E-state index in [1.807, 2.05) is 18.2 Å². The summed E-state index contributed by atoms with van der Waals surface area (Å²) in [7, 11) is 0. The molecule has 7 heteroatoms. The van der Waals surface area contributed by atoms with Gasteiger partial charge in [0, 0.05) is 31.2 Å². The molecule has 1 saturated heterocycles. The smallest absolute Gasteiger partial charge is 0.356 e. The summed E-state index contributed by atoms with van der Waals surface area (Å²) in [5.41, 5.74) is 0.173. The van der Waals surface area contributed by atoms with E-state index in [0.29, 0.717) is 23.7 Å². The molecule has 2 fully saturated rings. The Bertz CT molecular complexity index is 739. The van der Waals surface area contributed by atoms with Crippen LogP contribution in [0.1, 0.15) is 30.3 Å². The predicted molar refractivity (Wildman–Crippen MR) is 83.7 cm³/mol. The number of rotatable bonds is 2. The van der Waals surface area contributed by atoms with E-state index in [-0.39, 0.29) is 0 Å². The average molecular weight is 336 g/mol. The van der Waals surface area contributed by atoms with Crippen LogP contribution in [0.25, 0.3) is 0 Å². The van der Waals surface area contributed by atoms with E-state index in [4.69, 9.17) is 0 Å². The SMILES string of the molecule is Cc1cn([C@H]2CC[C@@H]3CN(c4cccc(C(F)(F)F)n4)C[C@@H]32)cn1. The highest BCUT2D eigenvalue weighted by molar-refractivity contribution is 5.42. The molecule has 24 heavy (non-hydrogen) atoms. The van der Waals surface area contributed by atoms with Gasteiger partial charge in [-0.1, -0.05) is 6.07 Å². The maximum Gasteiger partial charge on any atom is 0.433 e. The highest BCUT2D eigenvalue weighted by Crippen LogP contribution is 2.46. The van der Waals surface area contributed by atoms with E-state index in [2.05, 4.69) is 20.7 Å². The van der Waals surface area contributed by atoms with Crippen LogP contribution in [0.5, 0.6) is 0 Å². The lowest BCUT2D eigenvalue weighted by Gasteiger charge is -2.23. The second kappa shape index (κ2) is 5.50. The van der Waals surface area contributed by atoms with E-state index < -0.39 is 11.9 Å². The number of alkyl halides is 3. The molecule has 4 nitrogen and oxygen atoms in total. The molecule has 0 unspecified atom stereocenters. The van der Waals surface area contributed by atoms with Crippen LogP contribution in [-0.4, -0.2) is 27.6 Å². The van der Waals surface area contributed by atoms with Crippen LogP contribution in [0.4, 0.5) is 19.0 Å². The van der Waals surface area contributed by atoms with E-state index in [0.717, 1.165) is 37.7 Å². The summed E-state index contributed by atoms with van der Waals surface area (Å²) in [4.78, 5) is 10.1. The average Bonchev–Trinajstić information content (AvgIpc) is 3.21. The van der Waals surface area contributed by atoms with Gasteiger partial charge in [0.25, 0.3) is 0 Å². The quantitative estimate of drug-likeness (QED) is 0.839. The van der Waals surface area contributed by atoms with Crippen LogP contribution in [0.2, 0.25) is 0 Å². The molecule has 1 aliphatic heterocycles. The van der Waals surface area contributed by atoms with Crippen molar-refractivity contribution in [3.8, 4) is 0 Å². The second-order valence-corrected chi connectivity index (χ2v) is 6.81. The van der Waals surface area contributed by atoms with Gasteiger partial charge in [-0.15, -0.1) is 0 Å². The zero-order valence-corrected chi connectivity index (χ0v) is 13.4. The number of aryl methyl sites for hydroxylation is 1. The molecule has 3 atom stereocenters. The highest BCUT2D eigenvalue weighted by atomic mass is 19.4. The summed E-state index contributed by atoms with van der Waals surface area (Å²) >= 11 is 0. The predicted octanol–water partition coefficient (Wildman–Crippen LogP) is 3.69. The monoisotopic (exact) mass is 336 g/mol. The van der Waals surface area contributed by atoms with Gasteiger partial charge in [-0.3, -0.25) is 0 Å². The van der Waals surface area contributed by atoms with Crippen molar-refractivity contribution < 1.29 is 13.2 Å². The summed E-state index contributed by atoms with van der Waals surface area (Å²) < 4.78 is 40.8. The Balaban J connectivity index is 1.55. The first-order valence-electron chi connectivity index (χ1n) is 8.21. The van der Waals surface area contributed by atoms with E-state index >= 15 is 0 Å². The standard InChI is InChI=1S/C17H19F3N4/c1-11-7-24(10-21-11)14-6-5-12-8-23(9-13(12)14)16-4-2-3-15(22-16)17(18,19)20/h2-4,7,10,12-14H,5-6,8-9H2,1H3/t12-,13+,14+/m1/s1. The van der Waals surface area contributed by atoms with Gasteiger partial charge < -0.3 is 9.47 Å². The maximum absolute atomic E-state index is 12.9. The molecule has 0 spiro atoms. The molecule has 1 saturated carbocycles. The van der Waals surface area contributed by atoms with Gasteiger partial charge in [-0.05, 0) is 37.8 Å². The molecule has 1 aliphatic carbocycles. The maximum atomic E-state index is 12.9. The van der Waals surface area contributed by atoms with Crippen LogP contribution in [0, 0.1) is 18.8 Å². The van der Waals surface area contributed by atoms with E-state index in [1.165, 1.54) is 6.07 Å². The zero-order chi connectivity index (χ0) is 16.9. The van der Waals surface area contributed by atoms with Gasteiger partial charge in [0.05, 0.1) is 12.0 Å². The first-order valence-corrected chi connectivity index (χ1v) is 8.21. The number of imidazole rings is 1. The first-order chi connectivity index (χ1) is 11.4. The lowest BCUT2D eigenvalue weighted by Crippen LogP contribution is -2.25. The minimum Gasteiger partial charge on any atom is -0.356 e. The van der Waals surface area contributed by atoms with Crippen molar-refractivity contribution in [2.45, 2.75) is 32.0 Å². The number of nitrogens with zero attached hydrogens (tertiary/aromatic N) is 4. The fraction of sp³-hybridized carbons (Fsp3) is 0.529. The fourth-order valence-corrected chi connectivity index (χ4v) is 4.17. The number of pyridine rings is 1. The fourth-order valence-electron chi connectivity index (χ4n) is 4.17. The third-order valence-electron chi connectivity index (χ3n) is 5.28. The Kier molecular flexibility index (Phi) is 3.54. The molecule has 128 valence electrons. The molecule has 0 bridgehead atoms. The summed E-state index contributed by atoms with van der Waals surface area (Å²) in [6.45, 7) is 3.50. The molecule has 2 aromatic heterocycles. The molecule has 4 rings (SSSR count). The summed E-state index contributed by atoms with van der Waals surface area (Å²) in [5.74, 6) is 1.38. The number of fused-ring (bicyclic) bond motifs is 1. The molecule has 3 heterocycles. The van der Waals surface area contributed by atoms with Crippen molar-refractivity contribution in [1.82, 2.24) is 14.5 Å². The Morgan fingerprint density at radius 1 is 1.17 bits per heavy atom. The minimum absolute atomic E-state index is 0.381.